The van der Waals surface area contributed by atoms with Gasteiger partial charge in [-0.2, -0.15) is 4.98 Å². The van der Waals surface area contributed by atoms with Crippen LogP contribution in [-0.2, 0) is 6.54 Å². The van der Waals surface area contributed by atoms with Crippen molar-refractivity contribution in [1.82, 2.24) is 15.0 Å². The maximum atomic E-state index is 4.70. The molecule has 2 aromatic heterocycles. The van der Waals surface area contributed by atoms with Crippen LogP contribution in [-0.4, -0.2) is 41.1 Å². The standard InChI is InChI=1S/C22H26N6/c1-17-6-5-8-20(18(17)2)27-12-14-28(15-13-27)21-9-11-24-22(26-21)25-16-19-7-3-4-10-23-19/h3-11H,12-16H2,1-2H3,(H,24,25,26). The Labute approximate surface area is 166 Å². The SMILES string of the molecule is Cc1cccc(N2CCN(c3ccnc(NCc4ccccn4)n3)CC2)c1C. The fourth-order valence-electron chi connectivity index (χ4n) is 3.54. The first kappa shape index (κ1) is 18.2. The van der Waals surface area contributed by atoms with Crippen molar-refractivity contribution >= 4 is 17.5 Å². The summed E-state index contributed by atoms with van der Waals surface area (Å²) in [5.74, 6) is 1.61. The first-order valence-corrected chi connectivity index (χ1v) is 9.73. The molecule has 1 saturated heterocycles. The average molecular weight is 374 g/mol. The highest BCUT2D eigenvalue weighted by Gasteiger charge is 2.20. The van der Waals surface area contributed by atoms with E-state index in [1.165, 1.54) is 16.8 Å². The minimum Gasteiger partial charge on any atom is -0.368 e. The number of pyridine rings is 1. The molecule has 6 nitrogen and oxygen atoms in total. The van der Waals surface area contributed by atoms with Crippen LogP contribution in [0.5, 0.6) is 0 Å². The van der Waals surface area contributed by atoms with E-state index in [2.05, 4.69) is 57.1 Å². The van der Waals surface area contributed by atoms with Crippen molar-refractivity contribution in [2.45, 2.75) is 20.4 Å². The van der Waals surface area contributed by atoms with Gasteiger partial charge in [0.25, 0.3) is 0 Å². The summed E-state index contributed by atoms with van der Waals surface area (Å²) >= 11 is 0. The highest BCUT2D eigenvalue weighted by atomic mass is 15.3. The summed E-state index contributed by atoms with van der Waals surface area (Å²) in [6.07, 6.45) is 3.61. The molecule has 28 heavy (non-hydrogen) atoms. The van der Waals surface area contributed by atoms with Gasteiger partial charge >= 0.3 is 0 Å². The lowest BCUT2D eigenvalue weighted by Gasteiger charge is -2.37. The number of piperazine rings is 1. The van der Waals surface area contributed by atoms with Crippen LogP contribution < -0.4 is 15.1 Å². The molecule has 1 aliphatic rings. The van der Waals surface area contributed by atoms with Crippen molar-refractivity contribution in [3.8, 4) is 0 Å². The highest BCUT2D eigenvalue weighted by Crippen LogP contribution is 2.25. The molecular formula is C22H26N6. The Morgan fingerprint density at radius 1 is 0.857 bits per heavy atom. The Morgan fingerprint density at radius 2 is 1.68 bits per heavy atom. The average Bonchev–Trinajstić information content (AvgIpc) is 2.75. The maximum absolute atomic E-state index is 4.70. The van der Waals surface area contributed by atoms with Gasteiger partial charge in [-0.3, -0.25) is 4.98 Å². The van der Waals surface area contributed by atoms with Crippen LogP contribution >= 0.6 is 0 Å². The number of rotatable bonds is 5. The fourth-order valence-corrected chi connectivity index (χ4v) is 3.54. The fraction of sp³-hybridized carbons (Fsp3) is 0.318. The van der Waals surface area contributed by atoms with Gasteiger partial charge in [0.1, 0.15) is 5.82 Å². The summed E-state index contributed by atoms with van der Waals surface area (Å²) in [6, 6.07) is 14.4. The first-order valence-electron chi connectivity index (χ1n) is 9.73. The molecule has 4 rings (SSSR count). The maximum Gasteiger partial charge on any atom is 0.224 e. The Balaban J connectivity index is 1.39. The third-order valence-corrected chi connectivity index (χ3v) is 5.32. The molecule has 1 aliphatic heterocycles. The number of aromatic nitrogens is 3. The van der Waals surface area contributed by atoms with Gasteiger partial charge < -0.3 is 15.1 Å². The smallest absolute Gasteiger partial charge is 0.224 e. The zero-order valence-electron chi connectivity index (χ0n) is 16.5. The predicted octanol–water partition coefficient (Wildman–Crippen LogP) is 3.43. The van der Waals surface area contributed by atoms with Crippen molar-refractivity contribution in [1.29, 1.82) is 0 Å². The molecule has 0 bridgehead atoms. The summed E-state index contributed by atoms with van der Waals surface area (Å²) in [5.41, 5.74) is 5.04. The summed E-state index contributed by atoms with van der Waals surface area (Å²) in [6.45, 7) is 8.88. The minimum absolute atomic E-state index is 0.616. The molecule has 0 saturated carbocycles. The van der Waals surface area contributed by atoms with Crippen LogP contribution in [0.1, 0.15) is 16.8 Å². The summed E-state index contributed by atoms with van der Waals surface area (Å²) in [4.78, 5) is 18.2. The van der Waals surface area contributed by atoms with Gasteiger partial charge in [-0.1, -0.05) is 18.2 Å². The number of nitrogens with one attached hydrogen (secondary N) is 1. The second kappa shape index (κ2) is 8.25. The van der Waals surface area contributed by atoms with Crippen LogP contribution in [0.15, 0.2) is 54.9 Å². The van der Waals surface area contributed by atoms with E-state index >= 15 is 0 Å². The Morgan fingerprint density at radius 3 is 2.46 bits per heavy atom. The molecule has 6 heteroatoms. The van der Waals surface area contributed by atoms with E-state index < -0.39 is 0 Å². The lowest BCUT2D eigenvalue weighted by molar-refractivity contribution is 0.645. The quantitative estimate of drug-likeness (QED) is 0.738. The molecule has 1 fully saturated rings. The number of nitrogens with zero attached hydrogens (tertiary/aromatic N) is 5. The van der Waals surface area contributed by atoms with Gasteiger partial charge in [0.2, 0.25) is 5.95 Å². The van der Waals surface area contributed by atoms with Crippen molar-refractivity contribution in [3.63, 3.8) is 0 Å². The van der Waals surface area contributed by atoms with Gasteiger partial charge in [-0.25, -0.2) is 4.98 Å². The summed E-state index contributed by atoms with van der Waals surface area (Å²) < 4.78 is 0. The Bertz CT molecular complexity index is 919. The van der Waals surface area contributed by atoms with Gasteiger partial charge in [-0.05, 0) is 49.2 Å². The molecule has 0 spiro atoms. The van der Waals surface area contributed by atoms with Gasteiger partial charge in [-0.15, -0.1) is 0 Å². The second-order valence-electron chi connectivity index (χ2n) is 7.11. The zero-order chi connectivity index (χ0) is 19.3. The van der Waals surface area contributed by atoms with E-state index in [0.717, 1.165) is 37.7 Å². The monoisotopic (exact) mass is 374 g/mol. The predicted molar refractivity (Wildman–Crippen MR) is 114 cm³/mol. The number of hydrogen-bond acceptors (Lipinski definition) is 6. The summed E-state index contributed by atoms with van der Waals surface area (Å²) in [5, 5.41) is 3.27. The van der Waals surface area contributed by atoms with E-state index in [1.54, 1.807) is 6.20 Å². The van der Waals surface area contributed by atoms with Crippen LogP contribution in [0.2, 0.25) is 0 Å². The van der Waals surface area contributed by atoms with Crippen molar-refractivity contribution in [2.75, 3.05) is 41.3 Å². The molecule has 144 valence electrons. The van der Waals surface area contributed by atoms with E-state index in [9.17, 15) is 0 Å². The van der Waals surface area contributed by atoms with Gasteiger partial charge in [0.05, 0.1) is 12.2 Å². The number of aryl methyl sites for hydroxylation is 1. The zero-order valence-corrected chi connectivity index (χ0v) is 16.5. The van der Waals surface area contributed by atoms with Crippen LogP contribution in [0, 0.1) is 13.8 Å². The van der Waals surface area contributed by atoms with Crippen molar-refractivity contribution in [2.24, 2.45) is 0 Å². The Kier molecular flexibility index (Phi) is 5.37. The molecule has 0 atom stereocenters. The molecule has 0 amide bonds. The van der Waals surface area contributed by atoms with Crippen LogP contribution in [0.25, 0.3) is 0 Å². The largest absolute Gasteiger partial charge is 0.368 e. The normalized spacial score (nSPS) is 14.2. The number of benzene rings is 1. The second-order valence-corrected chi connectivity index (χ2v) is 7.11. The van der Waals surface area contributed by atoms with E-state index in [0.29, 0.717) is 12.5 Å². The minimum atomic E-state index is 0.616. The highest BCUT2D eigenvalue weighted by molar-refractivity contribution is 5.57. The molecule has 1 aromatic carbocycles. The van der Waals surface area contributed by atoms with Gasteiger partial charge in [0.15, 0.2) is 0 Å². The third kappa shape index (κ3) is 4.06. The van der Waals surface area contributed by atoms with Crippen LogP contribution in [0.4, 0.5) is 17.5 Å². The van der Waals surface area contributed by atoms with E-state index in [4.69, 9.17) is 4.98 Å². The third-order valence-electron chi connectivity index (χ3n) is 5.32. The Hall–Kier alpha value is -3.15. The molecule has 3 heterocycles. The van der Waals surface area contributed by atoms with Crippen LogP contribution in [0.3, 0.4) is 0 Å². The molecular weight excluding hydrogens is 348 g/mol. The topological polar surface area (TPSA) is 57.2 Å². The number of anilines is 3. The van der Waals surface area contributed by atoms with Crippen molar-refractivity contribution < 1.29 is 0 Å². The molecule has 0 unspecified atom stereocenters. The molecule has 3 aromatic rings. The van der Waals surface area contributed by atoms with E-state index in [1.807, 2.05) is 30.5 Å². The molecule has 0 aliphatic carbocycles. The lowest BCUT2D eigenvalue weighted by atomic mass is 10.1. The van der Waals surface area contributed by atoms with Crippen molar-refractivity contribution in [3.05, 3.63) is 71.7 Å². The molecule has 1 N–H and O–H groups in total. The molecule has 0 radical (unpaired) electrons. The van der Waals surface area contributed by atoms with E-state index in [-0.39, 0.29) is 0 Å². The first-order chi connectivity index (χ1) is 13.7. The summed E-state index contributed by atoms with van der Waals surface area (Å²) in [7, 11) is 0. The van der Waals surface area contributed by atoms with Gasteiger partial charge in [0, 0.05) is 44.3 Å². The number of hydrogen-bond donors (Lipinski definition) is 1. The lowest BCUT2D eigenvalue weighted by Crippen LogP contribution is -2.47.